The average Bonchev–Trinajstić information content (AvgIpc) is 3.12. The van der Waals surface area contributed by atoms with Crippen molar-refractivity contribution in [2.75, 3.05) is 25.9 Å². The van der Waals surface area contributed by atoms with Crippen molar-refractivity contribution in [3.8, 4) is 0 Å². The number of aromatic nitrogens is 2. The summed E-state index contributed by atoms with van der Waals surface area (Å²) in [6.45, 7) is 3.45. The van der Waals surface area contributed by atoms with Gasteiger partial charge in [-0.15, -0.1) is 0 Å². The molecular weight excluding hydrogens is 395 g/mol. The van der Waals surface area contributed by atoms with Crippen LogP contribution in [-0.4, -0.2) is 59.6 Å². The standard InChI is InChI=1S/C20H27FN4O3S/c1-15-13-19(23-22-15)20(26)24(14-17-5-3-4-6-18(17)21)10-7-16-8-11-25(12-9-16)29(2,27)28/h3-6,13,16H,7-12,14H2,1-2H3,(H,22,23). The lowest BCUT2D eigenvalue weighted by Crippen LogP contribution is -2.39. The Balaban J connectivity index is 1.67. The van der Waals surface area contributed by atoms with E-state index in [1.54, 1.807) is 29.2 Å². The van der Waals surface area contributed by atoms with Gasteiger partial charge in [-0.25, -0.2) is 17.1 Å². The van der Waals surface area contributed by atoms with E-state index in [2.05, 4.69) is 10.2 Å². The highest BCUT2D eigenvalue weighted by Crippen LogP contribution is 2.23. The summed E-state index contributed by atoms with van der Waals surface area (Å²) < 4.78 is 39.0. The molecule has 158 valence electrons. The fourth-order valence-electron chi connectivity index (χ4n) is 3.64. The lowest BCUT2D eigenvalue weighted by molar-refractivity contribution is 0.0719. The molecule has 0 unspecified atom stereocenters. The maximum Gasteiger partial charge on any atom is 0.274 e. The van der Waals surface area contributed by atoms with Crippen molar-refractivity contribution in [2.24, 2.45) is 5.92 Å². The maximum atomic E-state index is 14.1. The summed E-state index contributed by atoms with van der Waals surface area (Å²) >= 11 is 0. The van der Waals surface area contributed by atoms with Crippen LogP contribution in [0.5, 0.6) is 0 Å². The molecule has 1 fully saturated rings. The van der Waals surface area contributed by atoms with Crippen LogP contribution in [0.2, 0.25) is 0 Å². The zero-order chi connectivity index (χ0) is 21.0. The van der Waals surface area contributed by atoms with Crippen LogP contribution in [0, 0.1) is 18.7 Å². The zero-order valence-corrected chi connectivity index (χ0v) is 17.6. The molecule has 1 aromatic carbocycles. The van der Waals surface area contributed by atoms with Crippen molar-refractivity contribution in [3.05, 3.63) is 53.1 Å². The van der Waals surface area contributed by atoms with E-state index < -0.39 is 10.0 Å². The predicted octanol–water partition coefficient (Wildman–Crippen LogP) is 2.56. The second kappa shape index (κ2) is 9.04. The Bertz CT molecular complexity index is 952. The molecule has 1 aromatic heterocycles. The molecule has 9 heteroatoms. The number of halogens is 1. The van der Waals surface area contributed by atoms with Crippen LogP contribution in [0.1, 0.15) is 41.0 Å². The lowest BCUT2D eigenvalue weighted by Gasteiger charge is -2.31. The third-order valence-electron chi connectivity index (χ3n) is 5.38. The molecule has 3 rings (SSSR count). The van der Waals surface area contributed by atoms with Gasteiger partial charge in [0.2, 0.25) is 10.0 Å². The molecule has 1 amide bonds. The first-order chi connectivity index (χ1) is 13.7. The molecule has 2 heterocycles. The Hall–Kier alpha value is -2.26. The fourth-order valence-corrected chi connectivity index (χ4v) is 4.52. The zero-order valence-electron chi connectivity index (χ0n) is 16.8. The summed E-state index contributed by atoms with van der Waals surface area (Å²) in [6.07, 6.45) is 3.49. The number of sulfonamides is 1. The Kier molecular flexibility index (Phi) is 6.69. The van der Waals surface area contributed by atoms with E-state index in [1.165, 1.54) is 16.6 Å². The minimum Gasteiger partial charge on any atom is -0.333 e. The Labute approximate surface area is 171 Å². The second-order valence-electron chi connectivity index (χ2n) is 7.65. The number of hydrogen-bond donors (Lipinski definition) is 1. The number of nitrogens with one attached hydrogen (secondary N) is 1. The van der Waals surface area contributed by atoms with Crippen LogP contribution in [0.3, 0.4) is 0 Å². The smallest absolute Gasteiger partial charge is 0.274 e. The van der Waals surface area contributed by atoms with Crippen molar-refractivity contribution in [2.45, 2.75) is 32.7 Å². The topological polar surface area (TPSA) is 86.4 Å². The highest BCUT2D eigenvalue weighted by Gasteiger charge is 2.26. The van der Waals surface area contributed by atoms with E-state index in [0.717, 1.165) is 25.0 Å². The lowest BCUT2D eigenvalue weighted by atomic mass is 9.94. The highest BCUT2D eigenvalue weighted by atomic mass is 32.2. The summed E-state index contributed by atoms with van der Waals surface area (Å²) in [6, 6.07) is 8.12. The summed E-state index contributed by atoms with van der Waals surface area (Å²) in [4.78, 5) is 14.6. The third kappa shape index (κ3) is 5.63. The molecular formula is C20H27FN4O3S. The molecule has 1 aliphatic rings. The number of benzene rings is 1. The van der Waals surface area contributed by atoms with Gasteiger partial charge in [0.1, 0.15) is 11.5 Å². The van der Waals surface area contributed by atoms with Crippen LogP contribution in [0.15, 0.2) is 30.3 Å². The first kappa shape index (κ1) is 21.4. The van der Waals surface area contributed by atoms with E-state index in [-0.39, 0.29) is 18.3 Å². The molecule has 1 aliphatic heterocycles. The van der Waals surface area contributed by atoms with Crippen molar-refractivity contribution in [3.63, 3.8) is 0 Å². The summed E-state index contributed by atoms with van der Waals surface area (Å²) in [7, 11) is -3.16. The number of carbonyl (C=O) groups excluding carboxylic acids is 1. The third-order valence-corrected chi connectivity index (χ3v) is 6.68. The molecule has 0 bridgehead atoms. The molecule has 1 N–H and O–H groups in total. The first-order valence-electron chi connectivity index (χ1n) is 9.74. The van der Waals surface area contributed by atoms with Gasteiger partial charge in [0.05, 0.1) is 6.26 Å². The molecule has 2 aromatic rings. The van der Waals surface area contributed by atoms with Crippen molar-refractivity contribution < 1.29 is 17.6 Å². The number of hydrogen-bond acceptors (Lipinski definition) is 4. The van der Waals surface area contributed by atoms with Gasteiger partial charge >= 0.3 is 0 Å². The van der Waals surface area contributed by atoms with Crippen LogP contribution in [-0.2, 0) is 16.6 Å². The van der Waals surface area contributed by atoms with Gasteiger partial charge in [-0.3, -0.25) is 9.89 Å². The van der Waals surface area contributed by atoms with Crippen molar-refractivity contribution in [1.82, 2.24) is 19.4 Å². The average molecular weight is 423 g/mol. The van der Waals surface area contributed by atoms with Gasteiger partial charge in [0, 0.05) is 37.4 Å². The Morgan fingerprint density at radius 3 is 2.59 bits per heavy atom. The minimum absolute atomic E-state index is 0.166. The predicted molar refractivity (Wildman–Crippen MR) is 108 cm³/mol. The van der Waals surface area contributed by atoms with Gasteiger partial charge in [-0.1, -0.05) is 18.2 Å². The van der Waals surface area contributed by atoms with E-state index in [0.29, 0.717) is 36.8 Å². The number of nitrogens with zero attached hydrogens (tertiary/aromatic N) is 3. The van der Waals surface area contributed by atoms with Gasteiger partial charge in [-0.2, -0.15) is 5.10 Å². The van der Waals surface area contributed by atoms with Crippen LogP contribution in [0.4, 0.5) is 4.39 Å². The number of piperidine rings is 1. The van der Waals surface area contributed by atoms with Crippen molar-refractivity contribution in [1.29, 1.82) is 0 Å². The number of aromatic amines is 1. The van der Waals surface area contributed by atoms with Crippen LogP contribution >= 0.6 is 0 Å². The van der Waals surface area contributed by atoms with Crippen LogP contribution in [0.25, 0.3) is 0 Å². The van der Waals surface area contributed by atoms with Gasteiger partial charge < -0.3 is 4.90 Å². The molecule has 0 saturated carbocycles. The molecule has 0 radical (unpaired) electrons. The van der Waals surface area contributed by atoms with E-state index in [9.17, 15) is 17.6 Å². The summed E-state index contributed by atoms with van der Waals surface area (Å²) in [5, 5.41) is 6.82. The fraction of sp³-hybridized carbons (Fsp3) is 0.500. The number of amides is 1. The molecule has 0 spiro atoms. The highest BCUT2D eigenvalue weighted by molar-refractivity contribution is 7.88. The summed E-state index contributed by atoms with van der Waals surface area (Å²) in [5.74, 6) is -0.263. The largest absolute Gasteiger partial charge is 0.333 e. The van der Waals surface area contributed by atoms with E-state index >= 15 is 0 Å². The SMILES string of the molecule is Cc1cc(C(=O)N(CCC2CCN(S(C)(=O)=O)CC2)Cc2ccccc2F)n[nH]1. The van der Waals surface area contributed by atoms with Gasteiger partial charge in [0.25, 0.3) is 5.91 Å². The van der Waals surface area contributed by atoms with Gasteiger partial charge in [0.15, 0.2) is 0 Å². The molecule has 0 atom stereocenters. The normalized spacial score (nSPS) is 16.1. The van der Waals surface area contributed by atoms with E-state index in [1.807, 2.05) is 6.92 Å². The number of aryl methyl sites for hydroxylation is 1. The van der Waals surface area contributed by atoms with E-state index in [4.69, 9.17) is 0 Å². The minimum atomic E-state index is -3.16. The quantitative estimate of drug-likeness (QED) is 0.743. The molecule has 7 nitrogen and oxygen atoms in total. The number of rotatable bonds is 7. The van der Waals surface area contributed by atoms with Crippen molar-refractivity contribution >= 4 is 15.9 Å². The molecule has 29 heavy (non-hydrogen) atoms. The Morgan fingerprint density at radius 1 is 1.31 bits per heavy atom. The Morgan fingerprint density at radius 2 is 2.00 bits per heavy atom. The van der Waals surface area contributed by atoms with Crippen LogP contribution < -0.4 is 0 Å². The number of carbonyl (C=O) groups is 1. The number of H-pyrrole nitrogens is 1. The van der Waals surface area contributed by atoms with Gasteiger partial charge in [-0.05, 0) is 44.2 Å². The molecule has 1 saturated heterocycles. The molecule has 0 aliphatic carbocycles. The first-order valence-corrected chi connectivity index (χ1v) is 11.6. The monoisotopic (exact) mass is 422 g/mol. The maximum absolute atomic E-state index is 14.1. The second-order valence-corrected chi connectivity index (χ2v) is 9.63. The summed E-state index contributed by atoms with van der Waals surface area (Å²) in [5.41, 5.74) is 1.55.